The Bertz CT molecular complexity index is 478. The third kappa shape index (κ3) is 22.4. The number of aliphatic hydroxyl groups excluding tert-OH is 1. The minimum atomic E-state index is -1.10. The summed E-state index contributed by atoms with van der Waals surface area (Å²) < 4.78 is 0. The van der Waals surface area contributed by atoms with Crippen molar-refractivity contribution in [2.75, 3.05) is 0 Å². The van der Waals surface area contributed by atoms with Crippen LogP contribution >= 0.6 is 0 Å². The molecule has 0 aromatic carbocycles. The quantitative estimate of drug-likeness (QED) is 0.181. The van der Waals surface area contributed by atoms with E-state index in [-0.39, 0.29) is 6.47 Å². The first-order valence-corrected chi connectivity index (χ1v) is 11.2. The van der Waals surface area contributed by atoms with Crippen LogP contribution in [-0.4, -0.2) is 39.2 Å². The Hall–Kier alpha value is -1.92. The van der Waals surface area contributed by atoms with E-state index in [4.69, 9.17) is 25.2 Å². The second-order valence-electron chi connectivity index (χ2n) is 7.28. The Balaban J connectivity index is 0. The summed E-state index contributed by atoms with van der Waals surface area (Å²) in [6, 6.07) is 8.48. The summed E-state index contributed by atoms with van der Waals surface area (Å²) >= 11 is 0. The van der Waals surface area contributed by atoms with Crippen LogP contribution in [-0.2, 0) is 9.59 Å². The second kappa shape index (κ2) is 23.4. The van der Waals surface area contributed by atoms with E-state index in [1.807, 2.05) is 6.92 Å². The number of carboxylic acid groups (broad SMARTS) is 2. The number of carbonyl (C=O) groups is 2. The van der Waals surface area contributed by atoms with Crippen molar-refractivity contribution in [3.05, 3.63) is 24.3 Å². The number of unbranched alkanes of at least 4 members (excludes halogenated alkanes) is 9. The van der Waals surface area contributed by atoms with Crippen molar-refractivity contribution < 1.29 is 30.0 Å². The van der Waals surface area contributed by atoms with Crippen LogP contribution in [0.5, 0.6) is 0 Å². The molecule has 0 fully saturated rings. The number of carboxylic acids is 1. The molecular formula is C24H42O6. The molecule has 6 heteroatoms. The predicted octanol–water partition coefficient (Wildman–Crippen LogP) is 5.85. The van der Waals surface area contributed by atoms with Gasteiger partial charge in [0.05, 0.1) is 0 Å². The van der Waals surface area contributed by atoms with Gasteiger partial charge in [0, 0.05) is 6.42 Å². The van der Waals surface area contributed by atoms with Crippen LogP contribution < -0.4 is 0 Å². The lowest BCUT2D eigenvalue weighted by Crippen LogP contribution is -2.02. The Morgan fingerprint density at radius 2 is 1.17 bits per heavy atom. The second-order valence-corrected chi connectivity index (χ2v) is 7.28. The highest BCUT2D eigenvalue weighted by atomic mass is 16.5. The summed E-state index contributed by atoms with van der Waals surface area (Å²) in [7, 11) is 0. The van der Waals surface area contributed by atoms with Crippen LogP contribution in [0.3, 0.4) is 0 Å². The van der Waals surface area contributed by atoms with Crippen LogP contribution in [0, 0.1) is 0 Å². The van der Waals surface area contributed by atoms with Crippen molar-refractivity contribution in [2.45, 2.75) is 104 Å². The third-order valence-electron chi connectivity index (χ3n) is 4.53. The number of hydrogen-bond donors (Lipinski definition) is 4. The zero-order chi connectivity index (χ0) is 23.0. The summed E-state index contributed by atoms with van der Waals surface area (Å²) in [5.74, 6) is -0.659. The average molecular weight is 427 g/mol. The normalized spacial score (nSPS) is 9.90. The van der Waals surface area contributed by atoms with Crippen LogP contribution in [0.1, 0.15) is 97.3 Å². The Kier molecular flexibility index (Phi) is 23.6. The number of benzene rings is 1. The first-order chi connectivity index (χ1) is 14.4. The molecular weight excluding hydrogens is 384 g/mol. The monoisotopic (exact) mass is 426 g/mol. The van der Waals surface area contributed by atoms with Crippen molar-refractivity contribution in [1.29, 1.82) is 0 Å². The van der Waals surface area contributed by atoms with Crippen LogP contribution in [0.25, 0.3) is 11.1 Å². The third-order valence-corrected chi connectivity index (χ3v) is 4.53. The summed E-state index contributed by atoms with van der Waals surface area (Å²) in [4.78, 5) is 18.6. The fraction of sp³-hybridized carbons (Fsp3) is 0.667. The minimum absolute atomic E-state index is 0.250. The Morgan fingerprint density at radius 3 is 1.40 bits per heavy atom. The zero-order valence-electron chi connectivity index (χ0n) is 18.8. The fourth-order valence-corrected chi connectivity index (χ4v) is 2.64. The molecule has 6 nitrogen and oxygen atoms in total. The summed E-state index contributed by atoms with van der Waals surface area (Å²) in [6.45, 7) is 3.99. The van der Waals surface area contributed by atoms with Gasteiger partial charge in [0.15, 0.2) is 6.29 Å². The summed E-state index contributed by atoms with van der Waals surface area (Å²) in [5.41, 5.74) is 2.85. The van der Waals surface area contributed by atoms with Gasteiger partial charge in [0.1, 0.15) is 0 Å². The molecule has 0 amide bonds. The van der Waals surface area contributed by atoms with Gasteiger partial charge in [-0.1, -0.05) is 95.9 Å². The zero-order valence-corrected chi connectivity index (χ0v) is 18.8. The van der Waals surface area contributed by atoms with E-state index in [0.29, 0.717) is 12.8 Å². The SMILES string of the molecule is CCCCC(O)O.CCCCCCCCCCCC(=O)O.O=CO.c1cc2ccc1-2. The molecule has 30 heavy (non-hydrogen) atoms. The van der Waals surface area contributed by atoms with Crippen molar-refractivity contribution in [1.82, 2.24) is 0 Å². The van der Waals surface area contributed by atoms with E-state index in [1.54, 1.807) is 0 Å². The maximum absolute atomic E-state index is 10.2. The van der Waals surface area contributed by atoms with Gasteiger partial charge >= 0.3 is 5.97 Å². The topological polar surface area (TPSA) is 115 Å². The first kappa shape index (κ1) is 30.3. The van der Waals surface area contributed by atoms with E-state index in [0.717, 1.165) is 25.7 Å². The molecule has 2 aliphatic rings. The molecule has 0 heterocycles. The van der Waals surface area contributed by atoms with E-state index in [9.17, 15) is 4.79 Å². The first-order valence-electron chi connectivity index (χ1n) is 11.2. The van der Waals surface area contributed by atoms with Gasteiger partial charge in [-0.25, -0.2) is 0 Å². The molecule has 0 saturated heterocycles. The lowest BCUT2D eigenvalue weighted by molar-refractivity contribution is -0.137. The maximum Gasteiger partial charge on any atom is 0.303 e. The molecule has 0 spiro atoms. The number of hydrogen-bond acceptors (Lipinski definition) is 4. The van der Waals surface area contributed by atoms with Crippen molar-refractivity contribution in [3.63, 3.8) is 0 Å². The average Bonchev–Trinajstić information content (AvgIpc) is 2.69. The Morgan fingerprint density at radius 1 is 0.800 bits per heavy atom. The van der Waals surface area contributed by atoms with E-state index < -0.39 is 12.3 Å². The number of aliphatic carboxylic acids is 1. The number of fused-ring (bicyclic) bond motifs is 1. The molecule has 4 N–H and O–H groups in total. The largest absolute Gasteiger partial charge is 0.483 e. The van der Waals surface area contributed by atoms with Gasteiger partial charge < -0.3 is 20.4 Å². The molecule has 174 valence electrons. The molecule has 0 atom stereocenters. The van der Waals surface area contributed by atoms with Crippen LogP contribution in [0.4, 0.5) is 0 Å². The molecule has 0 bridgehead atoms. The van der Waals surface area contributed by atoms with E-state index >= 15 is 0 Å². The maximum atomic E-state index is 10.2. The standard InChI is InChI=1S/C12H24O2.C6H4.C5H12O2.CH2O2/c1-2-3-4-5-6-7-8-9-10-11-12(13)14;1-2-6-4-3-5(1)6;1-2-3-4-5(6)7;2-1-3/h2-11H2,1H3,(H,13,14);1-4H;5-7H,2-4H2,1H3;1H,(H,2,3). The van der Waals surface area contributed by atoms with Gasteiger partial charge in [-0.15, -0.1) is 0 Å². The highest BCUT2D eigenvalue weighted by molar-refractivity contribution is 5.75. The molecule has 0 unspecified atom stereocenters. The van der Waals surface area contributed by atoms with Gasteiger partial charge in [-0.3, -0.25) is 9.59 Å². The molecule has 0 saturated carbocycles. The smallest absolute Gasteiger partial charge is 0.303 e. The van der Waals surface area contributed by atoms with Gasteiger partial charge in [0.25, 0.3) is 6.47 Å². The fourth-order valence-electron chi connectivity index (χ4n) is 2.64. The van der Waals surface area contributed by atoms with Gasteiger partial charge in [0.2, 0.25) is 0 Å². The molecule has 0 aliphatic heterocycles. The lowest BCUT2D eigenvalue weighted by atomic mass is 9.95. The van der Waals surface area contributed by atoms with Crippen LogP contribution in [0.2, 0.25) is 0 Å². The van der Waals surface area contributed by atoms with Crippen molar-refractivity contribution >= 4 is 12.4 Å². The lowest BCUT2D eigenvalue weighted by Gasteiger charge is -2.10. The molecule has 2 aliphatic carbocycles. The van der Waals surface area contributed by atoms with Crippen molar-refractivity contribution in [2.24, 2.45) is 0 Å². The summed E-state index contributed by atoms with van der Waals surface area (Å²) in [5, 5.41) is 31.8. The molecule has 2 rings (SSSR count). The molecule has 0 aromatic heterocycles. The van der Waals surface area contributed by atoms with E-state index in [1.165, 1.54) is 56.1 Å². The minimum Gasteiger partial charge on any atom is -0.483 e. The Labute approximate surface area is 182 Å². The van der Waals surface area contributed by atoms with Gasteiger partial charge in [-0.2, -0.15) is 0 Å². The number of aliphatic hydroxyl groups is 2. The molecule has 0 radical (unpaired) electrons. The van der Waals surface area contributed by atoms with E-state index in [2.05, 4.69) is 31.2 Å². The highest BCUT2D eigenvalue weighted by Crippen LogP contribution is 2.29. The molecule has 0 aromatic rings. The highest BCUT2D eigenvalue weighted by Gasteiger charge is 2.04. The summed E-state index contributed by atoms with van der Waals surface area (Å²) in [6.07, 6.45) is 12.8. The van der Waals surface area contributed by atoms with Gasteiger partial charge in [-0.05, 0) is 30.4 Å². The number of rotatable bonds is 13. The predicted molar refractivity (Wildman–Crippen MR) is 121 cm³/mol. The van der Waals surface area contributed by atoms with Crippen molar-refractivity contribution in [3.8, 4) is 11.1 Å². The van der Waals surface area contributed by atoms with Crippen LogP contribution in [0.15, 0.2) is 24.3 Å².